The van der Waals surface area contributed by atoms with E-state index in [1.165, 1.54) is 11.3 Å². The molecule has 9 nitrogen and oxygen atoms in total. The van der Waals surface area contributed by atoms with Gasteiger partial charge >= 0.3 is 6.09 Å². The highest BCUT2D eigenvalue weighted by Gasteiger charge is 2.46. The van der Waals surface area contributed by atoms with Gasteiger partial charge < -0.3 is 4.74 Å². The van der Waals surface area contributed by atoms with Crippen molar-refractivity contribution in [2.45, 2.75) is 59.2 Å². The second kappa shape index (κ2) is 7.22. The molecule has 1 aliphatic heterocycles. The molecule has 0 saturated carbocycles. The summed E-state index contributed by atoms with van der Waals surface area (Å²) in [6.45, 7) is 11.5. The number of thiazole rings is 2. The average Bonchev–Trinajstić information content (AvgIpc) is 3.42. The first-order valence-electron chi connectivity index (χ1n) is 10.5. The van der Waals surface area contributed by atoms with Crippen LogP contribution in [0, 0.1) is 6.92 Å². The minimum atomic E-state index is -0.686. The highest BCUT2D eigenvalue weighted by molar-refractivity contribution is 7.28. The first kappa shape index (κ1) is 21.8. The fourth-order valence-electron chi connectivity index (χ4n) is 4.01. The molecular weight excluding hydrogens is 460 g/mol. The fraction of sp³-hybridized carbons (Fsp3) is 0.409. The van der Waals surface area contributed by atoms with E-state index in [0.29, 0.717) is 10.7 Å². The predicted molar refractivity (Wildman–Crippen MR) is 129 cm³/mol. The number of nitrogens with one attached hydrogen (secondary N) is 2. The quantitative estimate of drug-likeness (QED) is 0.406. The smallest absolute Gasteiger partial charge is 0.411 e. The lowest BCUT2D eigenvalue weighted by atomic mass is 10.0. The number of aromatic amines is 1. The molecule has 5 rings (SSSR count). The van der Waals surface area contributed by atoms with E-state index in [-0.39, 0.29) is 18.1 Å². The number of fused-ring (bicyclic) bond motifs is 4. The van der Waals surface area contributed by atoms with Gasteiger partial charge in [0.1, 0.15) is 5.60 Å². The molecule has 3 aromatic heterocycles. The number of hydrogen-bond acceptors (Lipinski definition) is 8. The number of nitrogens with zero attached hydrogens (tertiary/aromatic N) is 4. The van der Waals surface area contributed by atoms with Gasteiger partial charge in [0, 0.05) is 5.56 Å². The Balaban J connectivity index is 1.42. The normalized spacial score (nSPS) is 15.3. The van der Waals surface area contributed by atoms with Gasteiger partial charge in [0.15, 0.2) is 10.8 Å². The Hall–Kier alpha value is -3.05. The molecule has 1 aromatic carbocycles. The van der Waals surface area contributed by atoms with Gasteiger partial charge in [-0.2, -0.15) is 5.10 Å². The maximum atomic E-state index is 13.1. The zero-order chi connectivity index (χ0) is 23.7. The minimum Gasteiger partial charge on any atom is -0.444 e. The molecule has 0 fully saturated rings. The van der Waals surface area contributed by atoms with E-state index in [9.17, 15) is 9.59 Å². The molecular formula is C22H24N6O3S2. The van der Waals surface area contributed by atoms with Crippen LogP contribution in [-0.2, 0) is 16.8 Å². The number of anilines is 1. The van der Waals surface area contributed by atoms with Crippen LogP contribution in [0.25, 0.3) is 20.4 Å². The Labute approximate surface area is 198 Å². The Bertz CT molecular complexity index is 1430. The molecule has 0 spiro atoms. The number of aromatic nitrogens is 4. The SMILES string of the molecule is Cc1nc2ccc3nc(NC(=O)c4n[nH]c5c4CN(C(=O)OC(C)(C)C)C5(C)C)sc3c2s1. The Morgan fingerprint density at radius 1 is 1.15 bits per heavy atom. The third kappa shape index (κ3) is 3.65. The second-order valence-corrected chi connectivity index (χ2v) is 11.7. The number of H-pyrrole nitrogens is 1. The molecule has 11 heteroatoms. The van der Waals surface area contributed by atoms with E-state index in [1.54, 1.807) is 16.2 Å². The Morgan fingerprint density at radius 2 is 1.82 bits per heavy atom. The Kier molecular flexibility index (Phi) is 4.77. The summed E-state index contributed by atoms with van der Waals surface area (Å²) in [5, 5.41) is 11.6. The zero-order valence-corrected chi connectivity index (χ0v) is 20.8. The summed E-state index contributed by atoms with van der Waals surface area (Å²) in [6, 6.07) is 3.86. The molecule has 2 N–H and O–H groups in total. The lowest BCUT2D eigenvalue weighted by molar-refractivity contribution is 0.00440. The van der Waals surface area contributed by atoms with Crippen molar-refractivity contribution in [2.24, 2.45) is 0 Å². The summed E-state index contributed by atoms with van der Waals surface area (Å²) in [6.07, 6.45) is -0.432. The lowest BCUT2D eigenvalue weighted by Gasteiger charge is -2.33. The molecule has 1 aliphatic rings. The van der Waals surface area contributed by atoms with Crippen LogP contribution < -0.4 is 5.32 Å². The number of carbonyl (C=O) groups is 2. The summed E-state index contributed by atoms with van der Waals surface area (Å²) in [7, 11) is 0. The summed E-state index contributed by atoms with van der Waals surface area (Å²) in [5.41, 5.74) is 2.11. The van der Waals surface area contributed by atoms with Crippen LogP contribution in [0.4, 0.5) is 9.93 Å². The maximum absolute atomic E-state index is 13.1. The topological polar surface area (TPSA) is 113 Å². The zero-order valence-electron chi connectivity index (χ0n) is 19.2. The summed E-state index contributed by atoms with van der Waals surface area (Å²) < 4.78 is 7.63. The second-order valence-electron chi connectivity index (χ2n) is 9.52. The van der Waals surface area contributed by atoms with E-state index < -0.39 is 17.2 Å². The van der Waals surface area contributed by atoms with Gasteiger partial charge in [0.2, 0.25) is 0 Å². The van der Waals surface area contributed by atoms with Crippen molar-refractivity contribution in [3.8, 4) is 0 Å². The van der Waals surface area contributed by atoms with Crippen LogP contribution in [0.5, 0.6) is 0 Å². The molecule has 4 aromatic rings. The third-order valence-electron chi connectivity index (χ3n) is 5.54. The van der Waals surface area contributed by atoms with E-state index >= 15 is 0 Å². The predicted octanol–water partition coefficient (Wildman–Crippen LogP) is 5.18. The molecule has 0 unspecified atom stereocenters. The number of hydrogen-bond donors (Lipinski definition) is 2. The molecule has 33 heavy (non-hydrogen) atoms. The minimum absolute atomic E-state index is 0.233. The monoisotopic (exact) mass is 484 g/mol. The van der Waals surface area contributed by atoms with Gasteiger partial charge in [-0.3, -0.25) is 20.1 Å². The van der Waals surface area contributed by atoms with E-state index in [1.807, 2.05) is 53.7 Å². The number of ether oxygens (including phenoxy) is 1. The number of carbonyl (C=O) groups excluding carboxylic acids is 2. The highest BCUT2D eigenvalue weighted by Crippen LogP contribution is 2.40. The molecule has 0 saturated heterocycles. The van der Waals surface area contributed by atoms with E-state index in [0.717, 1.165) is 31.1 Å². The molecule has 4 heterocycles. The van der Waals surface area contributed by atoms with Crippen LogP contribution in [0.2, 0.25) is 0 Å². The summed E-state index contributed by atoms with van der Waals surface area (Å²) in [5.74, 6) is -0.370. The van der Waals surface area contributed by atoms with E-state index in [2.05, 4.69) is 25.5 Å². The Morgan fingerprint density at radius 3 is 2.52 bits per heavy atom. The van der Waals surface area contributed by atoms with Crippen molar-refractivity contribution in [3.05, 3.63) is 34.1 Å². The van der Waals surface area contributed by atoms with Crippen molar-refractivity contribution in [2.75, 3.05) is 5.32 Å². The molecule has 0 atom stereocenters. The van der Waals surface area contributed by atoms with Crippen LogP contribution in [0.3, 0.4) is 0 Å². The molecule has 0 aliphatic carbocycles. The van der Waals surface area contributed by atoms with Crippen LogP contribution in [0.15, 0.2) is 12.1 Å². The van der Waals surface area contributed by atoms with Crippen LogP contribution >= 0.6 is 22.7 Å². The number of amides is 2. The van der Waals surface area contributed by atoms with Crippen LogP contribution in [-0.4, -0.2) is 42.7 Å². The van der Waals surface area contributed by atoms with Gasteiger partial charge in [0.05, 0.1) is 43.2 Å². The lowest BCUT2D eigenvalue weighted by Crippen LogP contribution is -2.43. The standard InChI is InChI=1S/C22H24N6O3S2/c1-10-23-12-7-8-13-16(15(12)32-10)33-19(24-13)25-18(29)14-11-9-28(20(30)31-21(2,3)4)22(5,6)17(11)27-26-14/h7-8H,9H2,1-6H3,(H,26,27)(H,24,25,29). The number of rotatable bonds is 2. The molecule has 172 valence electrons. The van der Waals surface area contributed by atoms with Crippen molar-refractivity contribution < 1.29 is 14.3 Å². The van der Waals surface area contributed by atoms with Gasteiger partial charge in [-0.15, -0.1) is 11.3 Å². The van der Waals surface area contributed by atoms with Crippen molar-refractivity contribution in [1.82, 2.24) is 25.1 Å². The largest absolute Gasteiger partial charge is 0.444 e. The van der Waals surface area contributed by atoms with Crippen molar-refractivity contribution >= 4 is 60.2 Å². The van der Waals surface area contributed by atoms with Crippen LogP contribution in [0.1, 0.15) is 61.4 Å². The molecule has 0 radical (unpaired) electrons. The van der Waals surface area contributed by atoms with Gasteiger partial charge in [0.25, 0.3) is 5.91 Å². The highest BCUT2D eigenvalue weighted by atomic mass is 32.1. The first-order chi connectivity index (χ1) is 15.4. The van der Waals surface area contributed by atoms with Gasteiger partial charge in [-0.05, 0) is 53.7 Å². The van der Waals surface area contributed by atoms with Gasteiger partial charge in [-0.1, -0.05) is 11.3 Å². The number of aryl methyl sites for hydroxylation is 1. The van der Waals surface area contributed by atoms with Crippen molar-refractivity contribution in [3.63, 3.8) is 0 Å². The maximum Gasteiger partial charge on any atom is 0.411 e. The number of benzene rings is 1. The fourth-order valence-corrected chi connectivity index (χ4v) is 6.01. The van der Waals surface area contributed by atoms with Crippen molar-refractivity contribution in [1.29, 1.82) is 0 Å². The average molecular weight is 485 g/mol. The molecule has 2 amide bonds. The van der Waals surface area contributed by atoms with E-state index in [4.69, 9.17) is 4.74 Å². The third-order valence-corrected chi connectivity index (χ3v) is 7.68. The summed E-state index contributed by atoms with van der Waals surface area (Å²) >= 11 is 3.03. The molecule has 0 bridgehead atoms. The van der Waals surface area contributed by atoms with Gasteiger partial charge in [-0.25, -0.2) is 14.8 Å². The first-order valence-corrected chi connectivity index (χ1v) is 12.1. The summed E-state index contributed by atoms with van der Waals surface area (Å²) in [4.78, 5) is 36.6.